The van der Waals surface area contributed by atoms with E-state index >= 15 is 0 Å². The predicted octanol–water partition coefficient (Wildman–Crippen LogP) is 2.33. The van der Waals surface area contributed by atoms with Crippen molar-refractivity contribution >= 4 is 25.3 Å². The number of hydrogen-bond donors (Lipinski definition) is 1. The molecule has 0 unspecified atom stereocenters. The number of hydrogen-bond acceptors (Lipinski definition) is 2. The molecule has 3 nitrogen and oxygen atoms in total. The van der Waals surface area contributed by atoms with Crippen LogP contribution in [0.1, 0.15) is 64.2 Å². The van der Waals surface area contributed by atoms with Crippen molar-refractivity contribution in [3.05, 3.63) is 0 Å². The molecule has 1 N–H and O–H groups in total. The van der Waals surface area contributed by atoms with Gasteiger partial charge in [0.1, 0.15) is 0 Å². The van der Waals surface area contributed by atoms with Crippen molar-refractivity contribution in [1.82, 2.24) is 0 Å². The normalized spacial score (nSPS) is 20.6. The summed E-state index contributed by atoms with van der Waals surface area (Å²) in [5.41, 5.74) is 1.54. The summed E-state index contributed by atoms with van der Waals surface area (Å²) in [5, 5.41) is 0. The van der Waals surface area contributed by atoms with Gasteiger partial charge in [0, 0.05) is 0 Å². The first-order chi connectivity index (χ1) is 11.1. The van der Waals surface area contributed by atoms with Gasteiger partial charge in [0.2, 0.25) is 0 Å². The average molecular weight is 416 g/mol. The molecule has 2 saturated carbocycles. The van der Waals surface area contributed by atoms with Crippen LogP contribution in [0.5, 0.6) is 0 Å². The van der Waals surface area contributed by atoms with Crippen LogP contribution in [0.2, 0.25) is 0 Å². The van der Waals surface area contributed by atoms with E-state index in [1.807, 2.05) is 0 Å². The molecule has 2 aliphatic carbocycles. The molecule has 2 rings (SSSR count). The molecule has 0 heterocycles. The van der Waals surface area contributed by atoms with E-state index in [2.05, 4.69) is 0 Å². The smallest absolute Gasteiger partial charge is 0.418 e. The molecule has 144 valence electrons. The first-order valence-corrected chi connectivity index (χ1v) is 11.9. The molecular formula is C14H27BF4NaO3PS. The summed E-state index contributed by atoms with van der Waals surface area (Å²) in [5.74, 6) is -0.00823. The topological polar surface area (TPSA) is 54.4 Å². The van der Waals surface area contributed by atoms with Crippen LogP contribution in [0.3, 0.4) is 0 Å². The molecule has 0 amide bonds. The number of rotatable bonds is 5. The average Bonchev–Trinajstić information content (AvgIpc) is 2.47. The van der Waals surface area contributed by atoms with Crippen LogP contribution >= 0.6 is 7.92 Å². The van der Waals surface area contributed by atoms with Gasteiger partial charge >= 0.3 is 36.8 Å². The van der Waals surface area contributed by atoms with E-state index in [1.54, 1.807) is 0 Å². The maximum atomic E-state index is 11.1. The van der Waals surface area contributed by atoms with Crippen LogP contribution < -0.4 is 29.6 Å². The molecule has 0 atom stereocenters. The summed E-state index contributed by atoms with van der Waals surface area (Å²) in [6.45, 7) is 0. The van der Waals surface area contributed by atoms with Gasteiger partial charge in [0.05, 0.1) is 5.75 Å². The van der Waals surface area contributed by atoms with Gasteiger partial charge in [-0.3, -0.25) is 4.55 Å². The molecule has 0 spiro atoms. The first-order valence-electron chi connectivity index (χ1n) is 8.64. The van der Waals surface area contributed by atoms with Crippen molar-refractivity contribution in [1.29, 1.82) is 0 Å². The second-order valence-electron chi connectivity index (χ2n) is 6.60. The fraction of sp³-hybridized carbons (Fsp3) is 1.00. The zero-order valence-electron chi connectivity index (χ0n) is 14.8. The van der Waals surface area contributed by atoms with Gasteiger partial charge in [-0.1, -0.05) is 46.4 Å². The standard InChI is InChI=1S/C14H27O3PS.BF4.Na/c15-19(16,17)12-11-18(13-7-3-1-4-8-13)14-9-5-2-6-10-14;2-1(3,4)5;/h13-14H,1-12H2,(H,15,16,17);;/q;-1;+1. The Kier molecular flexibility index (Phi) is 13.1. The van der Waals surface area contributed by atoms with Gasteiger partial charge in [-0.15, -0.1) is 0 Å². The Morgan fingerprint density at radius 2 is 1.16 bits per heavy atom. The van der Waals surface area contributed by atoms with E-state index in [0.717, 1.165) is 17.5 Å². The fourth-order valence-corrected chi connectivity index (χ4v) is 8.86. The van der Waals surface area contributed by atoms with Crippen LogP contribution in [0.4, 0.5) is 17.3 Å². The van der Waals surface area contributed by atoms with Crippen molar-refractivity contribution in [3.8, 4) is 0 Å². The third-order valence-corrected chi connectivity index (χ3v) is 9.37. The van der Waals surface area contributed by atoms with E-state index in [9.17, 15) is 25.7 Å². The van der Waals surface area contributed by atoms with Crippen molar-refractivity contribution < 1.29 is 59.8 Å². The van der Waals surface area contributed by atoms with Crippen LogP contribution in [-0.4, -0.2) is 43.5 Å². The summed E-state index contributed by atoms with van der Waals surface area (Å²) < 4.78 is 70.2. The van der Waals surface area contributed by atoms with Crippen LogP contribution in [0.25, 0.3) is 0 Å². The Labute approximate surface area is 172 Å². The maximum absolute atomic E-state index is 11.1. The molecule has 0 aromatic heterocycles. The molecule has 0 aromatic rings. The minimum Gasteiger partial charge on any atom is -0.418 e. The quantitative estimate of drug-likeness (QED) is 0.324. The molecule has 0 aliphatic heterocycles. The minimum atomic E-state index is -6.00. The molecule has 25 heavy (non-hydrogen) atoms. The molecule has 0 bridgehead atoms. The van der Waals surface area contributed by atoms with Gasteiger partial charge in [-0.05, 0) is 43.2 Å². The SMILES string of the molecule is F[B-](F)(F)F.O=S(=O)(O)CCP(C1CCCCC1)C1CCCCC1.[Na+]. The molecule has 2 fully saturated rings. The van der Waals surface area contributed by atoms with Gasteiger partial charge in [0.25, 0.3) is 10.1 Å². The van der Waals surface area contributed by atoms with Crippen molar-refractivity contribution in [2.75, 3.05) is 11.9 Å². The van der Waals surface area contributed by atoms with Crippen LogP contribution in [-0.2, 0) is 10.1 Å². The van der Waals surface area contributed by atoms with Crippen LogP contribution in [0, 0.1) is 0 Å². The third kappa shape index (κ3) is 13.9. The summed E-state index contributed by atoms with van der Waals surface area (Å²) in [6, 6.07) is 0. The van der Waals surface area contributed by atoms with E-state index in [1.165, 1.54) is 64.2 Å². The number of halogens is 4. The summed E-state index contributed by atoms with van der Waals surface area (Å²) >= 11 is 0. The molecular weight excluding hydrogens is 389 g/mol. The van der Waals surface area contributed by atoms with Gasteiger partial charge in [-0.25, -0.2) is 0 Å². The van der Waals surface area contributed by atoms with Crippen molar-refractivity contribution in [2.24, 2.45) is 0 Å². The zero-order chi connectivity index (χ0) is 18.2. The minimum absolute atomic E-state index is 0. The summed E-state index contributed by atoms with van der Waals surface area (Å²) in [6.07, 6.45) is 13.9. The monoisotopic (exact) mass is 416 g/mol. The van der Waals surface area contributed by atoms with Gasteiger partial charge < -0.3 is 17.3 Å². The van der Waals surface area contributed by atoms with E-state index in [-0.39, 0.29) is 43.2 Å². The predicted molar refractivity (Wildman–Crippen MR) is 92.1 cm³/mol. The van der Waals surface area contributed by atoms with E-state index < -0.39 is 17.4 Å². The molecule has 0 aromatic carbocycles. The third-order valence-electron chi connectivity index (χ3n) is 4.69. The Balaban J connectivity index is 0.000000848. The second kappa shape index (κ2) is 12.6. The second-order valence-corrected chi connectivity index (χ2v) is 11.1. The molecule has 0 radical (unpaired) electrons. The van der Waals surface area contributed by atoms with Crippen molar-refractivity contribution in [3.63, 3.8) is 0 Å². The fourth-order valence-electron chi connectivity index (χ4n) is 3.71. The molecule has 0 saturated heterocycles. The van der Waals surface area contributed by atoms with E-state index in [4.69, 9.17) is 4.55 Å². The Bertz CT molecular complexity index is 431. The van der Waals surface area contributed by atoms with E-state index in [0.29, 0.717) is 0 Å². The Morgan fingerprint density at radius 3 is 1.44 bits per heavy atom. The zero-order valence-corrected chi connectivity index (χ0v) is 18.6. The Morgan fingerprint density at radius 1 is 0.840 bits per heavy atom. The maximum Gasteiger partial charge on any atom is 1.00 e. The first kappa shape index (κ1) is 26.1. The Hall–Kier alpha value is 1.12. The van der Waals surface area contributed by atoms with Crippen LogP contribution in [0.15, 0.2) is 0 Å². The van der Waals surface area contributed by atoms with Gasteiger partial charge in [-0.2, -0.15) is 8.42 Å². The largest absolute Gasteiger partial charge is 1.00 e. The summed E-state index contributed by atoms with van der Waals surface area (Å²) in [4.78, 5) is 0. The molecule has 2 aliphatic rings. The van der Waals surface area contributed by atoms with Gasteiger partial charge in [0.15, 0.2) is 0 Å². The van der Waals surface area contributed by atoms with Crippen molar-refractivity contribution in [2.45, 2.75) is 75.5 Å². The molecule has 11 heteroatoms. The summed E-state index contributed by atoms with van der Waals surface area (Å²) in [7, 11) is -9.98.